The third-order valence-electron chi connectivity index (χ3n) is 6.05. The summed E-state index contributed by atoms with van der Waals surface area (Å²) >= 11 is 5.95. The topological polar surface area (TPSA) is 94.1 Å². The second-order valence-electron chi connectivity index (χ2n) is 8.76. The largest absolute Gasteiger partial charge is 0.424 e. The highest BCUT2D eigenvalue weighted by molar-refractivity contribution is 6.30. The minimum Gasteiger partial charge on any atom is -0.424 e. The van der Waals surface area contributed by atoms with Gasteiger partial charge in [0.1, 0.15) is 11.6 Å². The molecule has 3 atom stereocenters. The van der Waals surface area contributed by atoms with Gasteiger partial charge >= 0.3 is 12.0 Å². The summed E-state index contributed by atoms with van der Waals surface area (Å²) in [5, 5.41) is 12.3. The van der Waals surface area contributed by atoms with E-state index in [4.69, 9.17) is 20.9 Å². The van der Waals surface area contributed by atoms with Gasteiger partial charge in [0, 0.05) is 30.2 Å². The predicted octanol–water partition coefficient (Wildman–Crippen LogP) is 4.46. The molecule has 1 aromatic carbocycles. The quantitative estimate of drug-likeness (QED) is 0.575. The Labute approximate surface area is 189 Å². The van der Waals surface area contributed by atoms with Gasteiger partial charge in [0.2, 0.25) is 5.95 Å². The van der Waals surface area contributed by atoms with Gasteiger partial charge < -0.3 is 19.5 Å². The van der Waals surface area contributed by atoms with Crippen LogP contribution >= 0.6 is 11.6 Å². The van der Waals surface area contributed by atoms with Gasteiger partial charge in [0.25, 0.3) is 0 Å². The zero-order chi connectivity index (χ0) is 22.4. The molecule has 3 aromatic rings. The van der Waals surface area contributed by atoms with Gasteiger partial charge in [-0.05, 0) is 57.6 Å². The zero-order valence-corrected chi connectivity index (χ0v) is 18.9. The van der Waals surface area contributed by atoms with Crippen LogP contribution in [0.5, 0.6) is 11.8 Å². The zero-order valence-electron chi connectivity index (χ0n) is 18.1. The monoisotopic (exact) mass is 461 g/mol. The van der Waals surface area contributed by atoms with E-state index in [2.05, 4.69) is 30.4 Å². The molecule has 0 unspecified atom stereocenters. The third kappa shape index (κ3) is 4.11. The maximum absolute atomic E-state index is 13.7. The van der Waals surface area contributed by atoms with Crippen molar-refractivity contribution in [2.45, 2.75) is 45.7 Å². The lowest BCUT2D eigenvalue weighted by molar-refractivity contribution is 0.340. The van der Waals surface area contributed by atoms with E-state index in [0.717, 1.165) is 25.9 Å². The first-order valence-electron chi connectivity index (χ1n) is 10.8. The van der Waals surface area contributed by atoms with Crippen LogP contribution in [0.1, 0.15) is 38.6 Å². The van der Waals surface area contributed by atoms with Crippen molar-refractivity contribution in [1.82, 2.24) is 24.9 Å². The van der Waals surface area contributed by atoms with E-state index in [1.165, 1.54) is 12.1 Å². The van der Waals surface area contributed by atoms with Gasteiger partial charge in [-0.15, -0.1) is 5.10 Å². The molecule has 0 radical (unpaired) electrons. The number of aryl methyl sites for hydroxylation is 1. The number of fused-ring (bicyclic) bond motifs is 2. The maximum Gasteiger partial charge on any atom is 0.324 e. The van der Waals surface area contributed by atoms with Gasteiger partial charge in [-0.3, -0.25) is 0 Å². The van der Waals surface area contributed by atoms with Crippen LogP contribution in [0, 0.1) is 24.6 Å². The van der Waals surface area contributed by atoms with E-state index >= 15 is 0 Å². The van der Waals surface area contributed by atoms with Crippen LogP contribution < -0.4 is 15.0 Å². The summed E-state index contributed by atoms with van der Waals surface area (Å²) in [5.74, 6) is 1.78. The minimum absolute atomic E-state index is 0.0106. The lowest BCUT2D eigenvalue weighted by Gasteiger charge is -2.37. The Morgan fingerprint density at radius 2 is 1.94 bits per heavy atom. The SMILES string of the molecule is Cc1noc(N2C[C@H]3CC[C@@H](C2)[C@@H]3Nc2nc(Oc3cc(F)cc(Cl)c3)n(C(C)C)n2)n1. The molecule has 2 fully saturated rings. The molecule has 1 N–H and O–H groups in total. The fourth-order valence-corrected chi connectivity index (χ4v) is 4.86. The van der Waals surface area contributed by atoms with Gasteiger partial charge in [0.15, 0.2) is 5.82 Å². The number of benzene rings is 1. The van der Waals surface area contributed by atoms with Crippen molar-refractivity contribution in [2.75, 3.05) is 23.3 Å². The fraction of sp³-hybridized carbons (Fsp3) is 0.524. The second kappa shape index (κ2) is 8.23. The van der Waals surface area contributed by atoms with Crippen molar-refractivity contribution in [1.29, 1.82) is 0 Å². The van der Waals surface area contributed by atoms with E-state index in [1.54, 1.807) is 10.7 Å². The summed E-state index contributed by atoms with van der Waals surface area (Å²) in [6.45, 7) is 7.47. The Morgan fingerprint density at radius 1 is 1.19 bits per heavy atom. The van der Waals surface area contributed by atoms with Crippen LogP contribution in [0.2, 0.25) is 5.02 Å². The molecule has 1 aliphatic carbocycles. The number of nitrogens with zero attached hydrogens (tertiary/aromatic N) is 6. The first kappa shape index (κ1) is 21.0. The van der Waals surface area contributed by atoms with Crippen molar-refractivity contribution in [3.63, 3.8) is 0 Å². The summed E-state index contributed by atoms with van der Waals surface area (Å²) in [6.07, 6.45) is 2.23. The molecule has 170 valence electrons. The Balaban J connectivity index is 1.33. The van der Waals surface area contributed by atoms with Crippen molar-refractivity contribution >= 4 is 23.6 Å². The number of anilines is 2. The van der Waals surface area contributed by atoms with Crippen LogP contribution in [0.3, 0.4) is 0 Å². The van der Waals surface area contributed by atoms with Crippen molar-refractivity contribution in [3.05, 3.63) is 34.9 Å². The Bertz CT molecular complexity index is 1080. The van der Waals surface area contributed by atoms with Gasteiger partial charge in [0.05, 0.1) is 6.04 Å². The predicted molar refractivity (Wildman–Crippen MR) is 117 cm³/mol. The fourth-order valence-electron chi connectivity index (χ4n) is 4.65. The molecule has 11 heteroatoms. The lowest BCUT2D eigenvalue weighted by atomic mass is 9.92. The number of rotatable bonds is 6. The highest BCUT2D eigenvalue weighted by Crippen LogP contribution is 2.40. The van der Waals surface area contributed by atoms with Crippen molar-refractivity contribution in [3.8, 4) is 11.8 Å². The van der Waals surface area contributed by atoms with E-state index in [1.807, 2.05) is 20.8 Å². The lowest BCUT2D eigenvalue weighted by Crippen LogP contribution is -2.48. The Kier molecular flexibility index (Phi) is 5.40. The average Bonchev–Trinajstić information content (AvgIpc) is 3.38. The maximum atomic E-state index is 13.7. The molecular weight excluding hydrogens is 437 g/mol. The minimum atomic E-state index is -0.471. The Hall–Kier alpha value is -2.88. The molecule has 1 aliphatic heterocycles. The summed E-state index contributed by atoms with van der Waals surface area (Å²) in [6, 6.07) is 5.18. The molecule has 2 bridgehead atoms. The van der Waals surface area contributed by atoms with E-state index < -0.39 is 5.82 Å². The van der Waals surface area contributed by atoms with Gasteiger partial charge in [-0.1, -0.05) is 16.8 Å². The molecule has 5 rings (SSSR count). The van der Waals surface area contributed by atoms with Crippen LogP contribution in [-0.4, -0.2) is 44.0 Å². The third-order valence-corrected chi connectivity index (χ3v) is 6.27. The molecule has 3 heterocycles. The number of piperidine rings is 1. The molecule has 32 heavy (non-hydrogen) atoms. The highest BCUT2D eigenvalue weighted by atomic mass is 35.5. The number of halogens is 2. The summed E-state index contributed by atoms with van der Waals surface area (Å²) < 4.78 is 26.6. The van der Waals surface area contributed by atoms with E-state index in [0.29, 0.717) is 29.6 Å². The molecule has 2 aromatic heterocycles. The molecule has 0 spiro atoms. The van der Waals surface area contributed by atoms with Gasteiger partial charge in [-0.2, -0.15) is 9.97 Å². The average molecular weight is 462 g/mol. The van der Waals surface area contributed by atoms with Gasteiger partial charge in [-0.25, -0.2) is 9.07 Å². The normalized spacial score (nSPS) is 22.6. The molecular formula is C21H25ClFN7O2. The van der Waals surface area contributed by atoms with E-state index in [9.17, 15) is 4.39 Å². The van der Waals surface area contributed by atoms with Crippen LogP contribution in [0.25, 0.3) is 0 Å². The molecule has 2 aliphatic rings. The first-order valence-corrected chi connectivity index (χ1v) is 11.2. The second-order valence-corrected chi connectivity index (χ2v) is 9.20. The molecule has 9 nitrogen and oxygen atoms in total. The number of ether oxygens (including phenoxy) is 1. The standard InChI is InChI=1S/C21H25ClFN7O2/c1-11(2)30-21(31-17-7-15(22)6-16(23)8-17)26-19(27-30)25-18-13-4-5-14(18)10-29(9-13)20-24-12(3)28-32-20/h6-8,11,13-14,18H,4-5,9-10H2,1-3H3,(H,25,27)/t13-,14+,18-. The van der Waals surface area contributed by atoms with Crippen molar-refractivity contribution < 1.29 is 13.7 Å². The van der Waals surface area contributed by atoms with Crippen LogP contribution in [-0.2, 0) is 0 Å². The number of hydrogen-bond acceptors (Lipinski definition) is 8. The summed E-state index contributed by atoms with van der Waals surface area (Å²) in [7, 11) is 0. The van der Waals surface area contributed by atoms with Crippen LogP contribution in [0.15, 0.2) is 22.7 Å². The molecule has 1 saturated heterocycles. The highest BCUT2D eigenvalue weighted by Gasteiger charge is 2.43. The van der Waals surface area contributed by atoms with E-state index in [-0.39, 0.29) is 28.9 Å². The van der Waals surface area contributed by atoms with Crippen molar-refractivity contribution in [2.24, 2.45) is 11.8 Å². The molecule has 0 amide bonds. The summed E-state index contributed by atoms with van der Waals surface area (Å²) in [5.41, 5.74) is 0. The smallest absolute Gasteiger partial charge is 0.324 e. The summed E-state index contributed by atoms with van der Waals surface area (Å²) in [4.78, 5) is 11.1. The number of hydrogen-bond donors (Lipinski definition) is 1. The Morgan fingerprint density at radius 3 is 2.56 bits per heavy atom. The number of aromatic nitrogens is 5. The van der Waals surface area contributed by atoms with Crippen LogP contribution in [0.4, 0.5) is 16.4 Å². The molecule has 1 saturated carbocycles. The number of nitrogens with one attached hydrogen (secondary N) is 1. The first-order chi connectivity index (χ1) is 15.4.